The normalized spacial score (nSPS) is 13.4. The third kappa shape index (κ3) is 4.23. The highest BCUT2D eigenvalue weighted by Crippen LogP contribution is 2.37. The fourth-order valence-corrected chi connectivity index (χ4v) is 6.52. The number of esters is 1. The average molecular weight is 475 g/mol. The van der Waals surface area contributed by atoms with Crippen molar-refractivity contribution in [3.63, 3.8) is 0 Å². The molecule has 0 spiro atoms. The molecule has 0 bridgehead atoms. The molecule has 0 saturated heterocycles. The van der Waals surface area contributed by atoms with Gasteiger partial charge in [0.25, 0.3) is 15.9 Å². The molecule has 4 rings (SSSR count). The number of ether oxygens (including phenoxy) is 1. The number of amides is 1. The van der Waals surface area contributed by atoms with Crippen molar-refractivity contribution in [2.75, 3.05) is 18.4 Å². The molecule has 1 aromatic heterocycles. The van der Waals surface area contributed by atoms with Crippen LogP contribution in [0.5, 0.6) is 0 Å². The second-order valence-electron chi connectivity index (χ2n) is 7.12. The molecule has 166 valence electrons. The largest absolute Gasteiger partial charge is 0.465 e. The number of rotatable bonds is 5. The van der Waals surface area contributed by atoms with Crippen LogP contribution >= 0.6 is 11.3 Å². The predicted octanol–water partition coefficient (Wildman–Crippen LogP) is 3.67. The number of hydrogen-bond donors (Lipinski definition) is 1. The zero-order valence-corrected chi connectivity index (χ0v) is 18.6. The Bertz CT molecular complexity index is 1290. The molecule has 0 saturated carbocycles. The van der Waals surface area contributed by atoms with E-state index in [1.54, 1.807) is 29.2 Å². The molecule has 0 unspecified atom stereocenters. The van der Waals surface area contributed by atoms with Gasteiger partial charge in [0.2, 0.25) is 0 Å². The lowest BCUT2D eigenvalue weighted by atomic mass is 10.0. The third-order valence-electron chi connectivity index (χ3n) is 5.04. The van der Waals surface area contributed by atoms with Gasteiger partial charge >= 0.3 is 5.97 Å². The van der Waals surface area contributed by atoms with Gasteiger partial charge in [-0.2, -0.15) is 0 Å². The molecular weight excluding hydrogens is 455 g/mol. The second-order valence-corrected chi connectivity index (χ2v) is 10.1. The van der Waals surface area contributed by atoms with Crippen molar-refractivity contribution in [3.05, 3.63) is 82.0 Å². The summed E-state index contributed by atoms with van der Waals surface area (Å²) in [7, 11) is -3.02. The number of nitrogens with zero attached hydrogens (tertiary/aromatic N) is 1. The van der Waals surface area contributed by atoms with E-state index in [4.69, 9.17) is 4.74 Å². The minimum atomic E-state index is -4.20. The maximum atomic E-state index is 13.5. The quantitative estimate of drug-likeness (QED) is 0.570. The van der Waals surface area contributed by atoms with Crippen molar-refractivity contribution >= 4 is 38.9 Å². The molecule has 2 aromatic carbocycles. The zero-order chi connectivity index (χ0) is 22.9. The minimum absolute atomic E-state index is 0.0352. The highest BCUT2D eigenvalue weighted by Gasteiger charge is 2.35. The van der Waals surface area contributed by atoms with E-state index in [9.17, 15) is 22.4 Å². The molecule has 10 heteroatoms. The van der Waals surface area contributed by atoms with E-state index in [-0.39, 0.29) is 27.9 Å². The first-order chi connectivity index (χ1) is 15.3. The summed E-state index contributed by atoms with van der Waals surface area (Å²) in [6, 6.07) is 13.8. The molecule has 2 heterocycles. The molecule has 1 aliphatic rings. The molecule has 3 aromatic rings. The Morgan fingerprint density at radius 1 is 1.12 bits per heavy atom. The maximum absolute atomic E-state index is 13.5. The lowest BCUT2D eigenvalue weighted by Gasteiger charge is -2.27. The molecular formula is C22H19FN2O5S2. The highest BCUT2D eigenvalue weighted by atomic mass is 32.2. The van der Waals surface area contributed by atoms with Gasteiger partial charge in [0.15, 0.2) is 4.21 Å². The Labute approximate surface area is 188 Å². The summed E-state index contributed by atoms with van der Waals surface area (Å²) in [4.78, 5) is 27.6. The zero-order valence-electron chi connectivity index (χ0n) is 17.0. The summed E-state index contributed by atoms with van der Waals surface area (Å²) < 4.78 is 46.6. The standard InChI is InChI=1S/C22H19FN2O5S2/c1-30-21(27)19-17-10-11-25(20(26)14-6-3-2-4-7-14)13-18(17)31-22(19)32(28,29)24-16-9-5-8-15(23)12-16/h2-9,12,24H,10-11,13H2,1H3. The topological polar surface area (TPSA) is 92.8 Å². The van der Waals surface area contributed by atoms with Gasteiger partial charge in [-0.15, -0.1) is 11.3 Å². The van der Waals surface area contributed by atoms with Crippen molar-refractivity contribution in [1.29, 1.82) is 0 Å². The van der Waals surface area contributed by atoms with Crippen molar-refractivity contribution in [2.24, 2.45) is 0 Å². The monoisotopic (exact) mass is 474 g/mol. The number of carbonyl (C=O) groups is 2. The number of thiophene rings is 1. The van der Waals surface area contributed by atoms with E-state index in [1.807, 2.05) is 6.07 Å². The van der Waals surface area contributed by atoms with Gasteiger partial charge < -0.3 is 9.64 Å². The first-order valence-corrected chi connectivity index (χ1v) is 12.0. The summed E-state index contributed by atoms with van der Waals surface area (Å²) >= 11 is 0.913. The van der Waals surface area contributed by atoms with E-state index in [1.165, 1.54) is 25.3 Å². The number of methoxy groups -OCH3 is 1. The smallest absolute Gasteiger partial charge is 0.340 e. The number of nitrogens with one attached hydrogen (secondary N) is 1. The third-order valence-corrected chi connectivity index (χ3v) is 8.16. The number of halogens is 1. The van der Waals surface area contributed by atoms with Crippen LogP contribution in [0.15, 0.2) is 58.8 Å². The van der Waals surface area contributed by atoms with E-state index in [0.717, 1.165) is 17.4 Å². The first-order valence-electron chi connectivity index (χ1n) is 9.65. The van der Waals surface area contributed by atoms with E-state index < -0.39 is 21.8 Å². The Morgan fingerprint density at radius 3 is 2.56 bits per heavy atom. The van der Waals surface area contributed by atoms with Crippen molar-refractivity contribution in [2.45, 2.75) is 17.2 Å². The molecule has 0 atom stereocenters. The average Bonchev–Trinajstić information content (AvgIpc) is 3.18. The predicted molar refractivity (Wildman–Crippen MR) is 118 cm³/mol. The van der Waals surface area contributed by atoms with E-state index in [0.29, 0.717) is 29.0 Å². The minimum Gasteiger partial charge on any atom is -0.465 e. The molecule has 32 heavy (non-hydrogen) atoms. The summed E-state index contributed by atoms with van der Waals surface area (Å²) in [6.45, 7) is 0.505. The molecule has 7 nitrogen and oxygen atoms in total. The Balaban J connectivity index is 1.70. The molecule has 0 aliphatic carbocycles. The number of sulfonamides is 1. The Hall–Kier alpha value is -3.24. The summed E-state index contributed by atoms with van der Waals surface area (Å²) in [6.07, 6.45) is 0.310. The lowest BCUT2D eigenvalue weighted by Crippen LogP contribution is -2.35. The molecule has 1 amide bonds. The Morgan fingerprint density at radius 2 is 1.88 bits per heavy atom. The fraction of sp³-hybridized carbons (Fsp3) is 0.182. The number of hydrogen-bond acceptors (Lipinski definition) is 6. The second kappa shape index (κ2) is 8.71. The van der Waals surface area contributed by atoms with Gasteiger partial charge in [0.05, 0.1) is 24.9 Å². The number of anilines is 1. The number of fused-ring (bicyclic) bond motifs is 1. The van der Waals surface area contributed by atoms with Crippen LogP contribution in [0.25, 0.3) is 0 Å². The van der Waals surface area contributed by atoms with Gasteiger partial charge in [-0.3, -0.25) is 9.52 Å². The van der Waals surface area contributed by atoms with Crippen LogP contribution in [0.1, 0.15) is 31.2 Å². The van der Waals surface area contributed by atoms with Gasteiger partial charge in [-0.1, -0.05) is 24.3 Å². The van der Waals surface area contributed by atoms with Crippen LogP contribution in [0.3, 0.4) is 0 Å². The highest BCUT2D eigenvalue weighted by molar-refractivity contribution is 7.94. The summed E-state index contributed by atoms with van der Waals surface area (Å²) in [5.41, 5.74) is 1.08. The number of carbonyl (C=O) groups excluding carboxylic acids is 2. The van der Waals surface area contributed by atoms with Crippen LogP contribution < -0.4 is 4.72 Å². The Kier molecular flexibility index (Phi) is 5.98. The van der Waals surface area contributed by atoms with Gasteiger partial charge in [-0.25, -0.2) is 17.6 Å². The first kappa shape index (κ1) is 22.0. The maximum Gasteiger partial charge on any atom is 0.340 e. The molecule has 0 radical (unpaired) electrons. The van der Waals surface area contributed by atoms with Crippen LogP contribution in [-0.4, -0.2) is 38.8 Å². The molecule has 1 aliphatic heterocycles. The van der Waals surface area contributed by atoms with Gasteiger partial charge in [-0.05, 0) is 42.3 Å². The number of benzene rings is 2. The van der Waals surface area contributed by atoms with Crippen LogP contribution in [-0.2, 0) is 27.7 Å². The SMILES string of the molecule is COC(=O)c1c(S(=O)(=O)Nc2cccc(F)c2)sc2c1CCN(C(=O)c1ccccc1)C2. The van der Waals surface area contributed by atoms with Crippen molar-refractivity contribution < 1.29 is 27.1 Å². The molecule has 0 fully saturated rings. The van der Waals surface area contributed by atoms with Crippen LogP contribution in [0.2, 0.25) is 0 Å². The summed E-state index contributed by atoms with van der Waals surface area (Å²) in [5, 5.41) is 0. The van der Waals surface area contributed by atoms with Crippen molar-refractivity contribution in [1.82, 2.24) is 4.90 Å². The van der Waals surface area contributed by atoms with E-state index >= 15 is 0 Å². The lowest BCUT2D eigenvalue weighted by molar-refractivity contribution is 0.0595. The van der Waals surface area contributed by atoms with E-state index in [2.05, 4.69) is 4.72 Å². The summed E-state index contributed by atoms with van der Waals surface area (Å²) in [5.74, 6) is -1.55. The van der Waals surface area contributed by atoms with Crippen LogP contribution in [0, 0.1) is 5.82 Å². The van der Waals surface area contributed by atoms with Crippen LogP contribution in [0.4, 0.5) is 10.1 Å². The van der Waals surface area contributed by atoms with Gasteiger partial charge in [0, 0.05) is 17.0 Å². The van der Waals surface area contributed by atoms with Crippen molar-refractivity contribution in [3.8, 4) is 0 Å². The fourth-order valence-electron chi connectivity index (χ4n) is 3.57. The van der Waals surface area contributed by atoms with Gasteiger partial charge in [0.1, 0.15) is 5.82 Å². The molecule has 1 N–H and O–H groups in total.